The predicted octanol–water partition coefficient (Wildman–Crippen LogP) is 4.28. The number of pyridine rings is 1. The summed E-state index contributed by atoms with van der Waals surface area (Å²) in [5, 5.41) is 2.14. The van der Waals surface area contributed by atoms with Gasteiger partial charge in [0, 0.05) is 28.6 Å². The number of rotatable bonds is 6. The molecule has 0 bridgehead atoms. The molecule has 3 heterocycles. The second-order valence-corrected chi connectivity index (χ2v) is 8.90. The summed E-state index contributed by atoms with van der Waals surface area (Å²) in [7, 11) is 6.00. The molecule has 0 amide bonds. The molecule has 4 aromatic rings. The Morgan fingerprint density at radius 1 is 1.13 bits per heavy atom. The van der Waals surface area contributed by atoms with Gasteiger partial charge in [0.2, 0.25) is 0 Å². The van der Waals surface area contributed by atoms with E-state index in [1.54, 1.807) is 6.33 Å². The van der Waals surface area contributed by atoms with Crippen molar-refractivity contribution in [2.24, 2.45) is 5.92 Å². The highest BCUT2D eigenvalue weighted by atomic mass is 15.1. The van der Waals surface area contributed by atoms with E-state index in [1.165, 1.54) is 36.6 Å². The molecule has 0 aliphatic heterocycles. The number of benzene rings is 1. The largest absolute Gasteiger partial charge is 0.383 e. The van der Waals surface area contributed by atoms with E-state index in [1.807, 2.05) is 6.07 Å². The zero-order valence-electron chi connectivity index (χ0n) is 18.1. The lowest BCUT2D eigenvalue weighted by molar-refractivity contribution is 0.461. The van der Waals surface area contributed by atoms with Crippen LogP contribution in [0.1, 0.15) is 56.2 Å². The van der Waals surface area contributed by atoms with Crippen molar-refractivity contribution in [1.82, 2.24) is 19.5 Å². The number of nitrogen functional groups attached to an aromatic ring is 1. The predicted molar refractivity (Wildman–Crippen MR) is 128 cm³/mol. The normalized spacial score (nSPS) is 18.9. The van der Waals surface area contributed by atoms with E-state index in [-0.39, 0.29) is 0 Å². The van der Waals surface area contributed by atoms with Gasteiger partial charge < -0.3 is 10.3 Å². The summed E-state index contributed by atoms with van der Waals surface area (Å²) in [6.07, 6.45) is 11.6. The Hall–Kier alpha value is -2.89. The van der Waals surface area contributed by atoms with Crippen LogP contribution >= 0.6 is 0 Å². The molecular weight excluding hydrogens is 381 g/mol. The summed E-state index contributed by atoms with van der Waals surface area (Å²) < 4.78 is 2.30. The maximum absolute atomic E-state index is 6.18. The van der Waals surface area contributed by atoms with Crippen molar-refractivity contribution in [1.29, 1.82) is 0 Å². The standard InChI is InChI=1S/C25H28BN5/c1-2-3-19-14-18-8-6-17(13-22(18)30-24(19)27)5-4-16-7-9-20(12-16)31-11-10-21-23(26)28-15-29-25(21)31/h6,8,10-11,13-16,20H,2-5,7,9,12H2,1H3,(H2,27,30). The minimum Gasteiger partial charge on any atom is -0.383 e. The van der Waals surface area contributed by atoms with Gasteiger partial charge in [-0.3, -0.25) is 4.98 Å². The van der Waals surface area contributed by atoms with Crippen molar-refractivity contribution in [3.05, 3.63) is 54.0 Å². The van der Waals surface area contributed by atoms with Crippen molar-refractivity contribution >= 4 is 41.2 Å². The van der Waals surface area contributed by atoms with E-state index in [0.29, 0.717) is 17.5 Å². The third-order valence-corrected chi connectivity index (χ3v) is 6.80. The lowest BCUT2D eigenvalue weighted by Crippen LogP contribution is -2.11. The minimum absolute atomic E-state index is 0.492. The Labute approximate surface area is 184 Å². The van der Waals surface area contributed by atoms with Gasteiger partial charge in [-0.15, -0.1) is 0 Å². The quantitative estimate of drug-likeness (QED) is 0.483. The molecule has 5 nitrogen and oxygen atoms in total. The number of fused-ring (bicyclic) bond motifs is 2. The molecule has 1 aliphatic rings. The number of nitrogens with zero attached hydrogens (tertiary/aromatic N) is 4. The summed E-state index contributed by atoms with van der Waals surface area (Å²) in [5.41, 5.74) is 11.2. The van der Waals surface area contributed by atoms with Crippen molar-refractivity contribution in [2.75, 3.05) is 5.73 Å². The topological polar surface area (TPSA) is 69.6 Å². The van der Waals surface area contributed by atoms with E-state index < -0.39 is 0 Å². The monoisotopic (exact) mass is 409 g/mol. The molecule has 0 spiro atoms. The Kier molecular flexibility index (Phi) is 5.39. The fourth-order valence-electron chi connectivity index (χ4n) is 5.12. The first-order valence-corrected chi connectivity index (χ1v) is 11.4. The van der Waals surface area contributed by atoms with E-state index >= 15 is 0 Å². The van der Waals surface area contributed by atoms with E-state index in [2.05, 4.69) is 56.9 Å². The van der Waals surface area contributed by atoms with Crippen LogP contribution in [-0.4, -0.2) is 27.4 Å². The first kappa shape index (κ1) is 20.0. The number of aromatic nitrogens is 4. The summed E-state index contributed by atoms with van der Waals surface area (Å²) >= 11 is 0. The van der Waals surface area contributed by atoms with Gasteiger partial charge in [0.15, 0.2) is 0 Å². The lowest BCUT2D eigenvalue weighted by Gasteiger charge is -2.15. The average Bonchev–Trinajstić information content (AvgIpc) is 3.40. The fourth-order valence-corrected chi connectivity index (χ4v) is 5.12. The zero-order chi connectivity index (χ0) is 21.4. The summed E-state index contributed by atoms with van der Waals surface area (Å²) in [6, 6.07) is 11.4. The molecule has 1 aromatic carbocycles. The van der Waals surface area contributed by atoms with Crippen LogP contribution in [0.25, 0.3) is 21.9 Å². The number of anilines is 1. The van der Waals surface area contributed by atoms with Crippen LogP contribution in [0.15, 0.2) is 42.9 Å². The van der Waals surface area contributed by atoms with Crippen LogP contribution in [0.2, 0.25) is 0 Å². The highest BCUT2D eigenvalue weighted by molar-refractivity contribution is 6.36. The van der Waals surface area contributed by atoms with Gasteiger partial charge in [-0.25, -0.2) is 9.97 Å². The Bertz CT molecular complexity index is 1230. The maximum Gasteiger partial charge on any atom is 0.142 e. The van der Waals surface area contributed by atoms with Gasteiger partial charge in [-0.05, 0) is 73.8 Å². The van der Waals surface area contributed by atoms with Crippen LogP contribution in [-0.2, 0) is 12.8 Å². The number of nitrogens with two attached hydrogens (primary N) is 1. The van der Waals surface area contributed by atoms with Crippen LogP contribution in [0, 0.1) is 5.92 Å². The summed E-state index contributed by atoms with van der Waals surface area (Å²) in [4.78, 5) is 13.2. The van der Waals surface area contributed by atoms with E-state index in [9.17, 15) is 0 Å². The first-order valence-electron chi connectivity index (χ1n) is 11.4. The van der Waals surface area contributed by atoms with Gasteiger partial charge in [0.1, 0.15) is 25.6 Å². The molecular formula is C25H28BN5. The number of aryl methyl sites for hydroxylation is 2. The highest BCUT2D eigenvalue weighted by Crippen LogP contribution is 2.38. The molecule has 2 atom stereocenters. The fraction of sp³-hybridized carbons (Fsp3) is 0.400. The molecule has 5 rings (SSSR count). The molecule has 0 saturated heterocycles. The van der Waals surface area contributed by atoms with Crippen molar-refractivity contribution in [3.8, 4) is 0 Å². The molecule has 2 unspecified atom stereocenters. The van der Waals surface area contributed by atoms with Crippen LogP contribution in [0.5, 0.6) is 0 Å². The first-order chi connectivity index (χ1) is 15.1. The molecule has 1 saturated carbocycles. The van der Waals surface area contributed by atoms with Crippen molar-refractivity contribution in [3.63, 3.8) is 0 Å². The van der Waals surface area contributed by atoms with Crippen molar-refractivity contribution in [2.45, 2.75) is 57.9 Å². The van der Waals surface area contributed by atoms with Crippen LogP contribution in [0.3, 0.4) is 0 Å². The van der Waals surface area contributed by atoms with E-state index in [0.717, 1.165) is 47.3 Å². The number of hydrogen-bond acceptors (Lipinski definition) is 4. The average molecular weight is 409 g/mol. The highest BCUT2D eigenvalue weighted by Gasteiger charge is 2.26. The van der Waals surface area contributed by atoms with Gasteiger partial charge in [-0.1, -0.05) is 25.5 Å². The zero-order valence-corrected chi connectivity index (χ0v) is 18.1. The third kappa shape index (κ3) is 3.91. The minimum atomic E-state index is 0.492. The second kappa shape index (κ2) is 8.33. The molecule has 3 aromatic heterocycles. The Morgan fingerprint density at radius 2 is 2.03 bits per heavy atom. The van der Waals surface area contributed by atoms with Gasteiger partial charge in [0.25, 0.3) is 0 Å². The second-order valence-electron chi connectivity index (χ2n) is 8.90. The van der Waals surface area contributed by atoms with Gasteiger partial charge >= 0.3 is 0 Å². The summed E-state index contributed by atoms with van der Waals surface area (Å²) in [6.45, 7) is 2.17. The third-order valence-electron chi connectivity index (χ3n) is 6.80. The van der Waals surface area contributed by atoms with Crippen LogP contribution < -0.4 is 11.3 Å². The van der Waals surface area contributed by atoms with Crippen molar-refractivity contribution < 1.29 is 0 Å². The number of hydrogen-bond donors (Lipinski definition) is 1. The molecule has 2 N–H and O–H groups in total. The molecule has 1 aliphatic carbocycles. The van der Waals surface area contributed by atoms with Gasteiger partial charge in [0.05, 0.1) is 5.52 Å². The Balaban J connectivity index is 1.26. The SMILES string of the molecule is [B]c1ncnc2c1ccn2C1CCC(CCc2ccc3cc(CCC)c(N)nc3c2)C1. The summed E-state index contributed by atoms with van der Waals surface area (Å²) in [5.74, 6) is 1.40. The molecule has 2 radical (unpaired) electrons. The molecule has 6 heteroatoms. The smallest absolute Gasteiger partial charge is 0.142 e. The maximum atomic E-state index is 6.18. The van der Waals surface area contributed by atoms with Crippen LogP contribution in [0.4, 0.5) is 5.82 Å². The molecule has 1 fully saturated rings. The molecule has 31 heavy (non-hydrogen) atoms. The van der Waals surface area contributed by atoms with Gasteiger partial charge in [-0.2, -0.15) is 0 Å². The lowest BCUT2D eigenvalue weighted by atomic mass is 9.97. The van der Waals surface area contributed by atoms with E-state index in [4.69, 9.17) is 13.6 Å². The molecule has 156 valence electrons. The Morgan fingerprint density at radius 3 is 2.90 bits per heavy atom.